The third-order valence-corrected chi connectivity index (χ3v) is 7.77. The van der Waals surface area contributed by atoms with Crippen molar-refractivity contribution in [1.82, 2.24) is 15.2 Å². The van der Waals surface area contributed by atoms with Gasteiger partial charge in [-0.25, -0.2) is 8.42 Å². The molecular weight excluding hydrogens is 453 g/mol. The minimum absolute atomic E-state index is 0. The van der Waals surface area contributed by atoms with E-state index in [1.54, 1.807) is 18.2 Å². The maximum absolute atomic E-state index is 13.1. The molecule has 2 N–H and O–H groups in total. The van der Waals surface area contributed by atoms with Crippen molar-refractivity contribution in [2.75, 3.05) is 14.1 Å². The lowest BCUT2D eigenvalue weighted by Gasteiger charge is -2.23. The fourth-order valence-electron chi connectivity index (χ4n) is 4.60. The van der Waals surface area contributed by atoms with Gasteiger partial charge in [-0.05, 0) is 69.8 Å². The number of sulfone groups is 1. The SMILES string of the molecule is CNC.Cc1ccc(S(=O)(=O)c2ccc3c(c2)c2c(n3C)CC3CCC2N3)cc1.Cl.Cl. The van der Waals surface area contributed by atoms with Crippen LogP contribution in [0.3, 0.4) is 0 Å². The first kappa shape index (κ1) is 25.7. The van der Waals surface area contributed by atoms with Gasteiger partial charge in [0.25, 0.3) is 0 Å². The second kappa shape index (κ2) is 9.92. The Morgan fingerprint density at radius 1 is 1.00 bits per heavy atom. The second-order valence-electron chi connectivity index (χ2n) is 8.11. The van der Waals surface area contributed by atoms with Gasteiger partial charge in [-0.15, -0.1) is 24.8 Å². The average Bonchev–Trinajstić information content (AvgIpc) is 3.21. The Morgan fingerprint density at radius 3 is 2.26 bits per heavy atom. The molecule has 2 aliphatic rings. The molecule has 170 valence electrons. The molecule has 1 aromatic heterocycles. The number of fused-ring (bicyclic) bond motifs is 6. The van der Waals surface area contributed by atoms with Crippen molar-refractivity contribution in [2.24, 2.45) is 7.05 Å². The first-order chi connectivity index (χ1) is 13.9. The van der Waals surface area contributed by atoms with Crippen LogP contribution < -0.4 is 10.6 Å². The Labute approximate surface area is 197 Å². The van der Waals surface area contributed by atoms with Crippen LogP contribution in [0.5, 0.6) is 0 Å². The van der Waals surface area contributed by atoms with Gasteiger partial charge in [0.15, 0.2) is 0 Å². The fourth-order valence-corrected chi connectivity index (χ4v) is 5.89. The van der Waals surface area contributed by atoms with Crippen LogP contribution in [0.4, 0.5) is 0 Å². The molecule has 0 aliphatic carbocycles. The number of hydrogen-bond acceptors (Lipinski definition) is 4. The highest BCUT2D eigenvalue weighted by molar-refractivity contribution is 7.91. The minimum atomic E-state index is -3.51. The van der Waals surface area contributed by atoms with Crippen LogP contribution in [0.25, 0.3) is 10.9 Å². The third kappa shape index (κ3) is 4.50. The smallest absolute Gasteiger partial charge is 0.206 e. The molecule has 2 atom stereocenters. The highest BCUT2D eigenvalue weighted by atomic mass is 35.5. The van der Waals surface area contributed by atoms with E-state index in [0.29, 0.717) is 21.9 Å². The summed E-state index contributed by atoms with van der Waals surface area (Å²) in [6.07, 6.45) is 3.35. The first-order valence-corrected chi connectivity index (χ1v) is 11.6. The Balaban J connectivity index is 0.000000648. The van der Waals surface area contributed by atoms with E-state index >= 15 is 0 Å². The largest absolute Gasteiger partial charge is 0.347 e. The Morgan fingerprint density at radius 2 is 1.61 bits per heavy atom. The number of aromatic nitrogens is 1. The number of nitrogens with zero attached hydrogens (tertiary/aromatic N) is 1. The van der Waals surface area contributed by atoms with E-state index in [4.69, 9.17) is 0 Å². The van der Waals surface area contributed by atoms with Crippen molar-refractivity contribution < 1.29 is 8.42 Å². The lowest BCUT2D eigenvalue weighted by molar-refractivity contribution is 0.503. The van der Waals surface area contributed by atoms with E-state index in [-0.39, 0.29) is 24.8 Å². The topological polar surface area (TPSA) is 63.1 Å². The summed E-state index contributed by atoms with van der Waals surface area (Å²) in [5.41, 5.74) is 4.83. The molecule has 0 radical (unpaired) electrons. The first-order valence-electron chi connectivity index (χ1n) is 10.1. The molecule has 31 heavy (non-hydrogen) atoms. The minimum Gasteiger partial charge on any atom is -0.347 e. The van der Waals surface area contributed by atoms with Crippen molar-refractivity contribution in [3.8, 4) is 0 Å². The van der Waals surface area contributed by atoms with Crippen molar-refractivity contribution in [3.63, 3.8) is 0 Å². The van der Waals surface area contributed by atoms with Gasteiger partial charge in [0.05, 0.1) is 9.79 Å². The third-order valence-electron chi connectivity index (χ3n) is 6.01. The van der Waals surface area contributed by atoms with Crippen molar-refractivity contribution in [2.45, 2.75) is 48.1 Å². The molecule has 3 heterocycles. The molecule has 2 unspecified atom stereocenters. The van der Waals surface area contributed by atoms with Gasteiger partial charge in [-0.3, -0.25) is 0 Å². The van der Waals surface area contributed by atoms with Crippen LogP contribution in [0.2, 0.25) is 0 Å². The summed E-state index contributed by atoms with van der Waals surface area (Å²) in [4.78, 5) is 0.730. The highest BCUT2D eigenvalue weighted by Crippen LogP contribution is 2.42. The van der Waals surface area contributed by atoms with E-state index in [1.807, 2.05) is 45.3 Å². The predicted molar refractivity (Wildman–Crippen MR) is 132 cm³/mol. The van der Waals surface area contributed by atoms with Crippen molar-refractivity contribution in [1.29, 1.82) is 0 Å². The zero-order valence-corrected chi connectivity index (χ0v) is 20.8. The predicted octanol–water partition coefficient (Wildman–Crippen LogP) is 4.35. The molecule has 0 saturated carbocycles. The summed E-state index contributed by atoms with van der Waals surface area (Å²) in [5, 5.41) is 7.51. The van der Waals surface area contributed by atoms with E-state index < -0.39 is 9.84 Å². The van der Waals surface area contributed by atoms with Gasteiger partial charge in [-0.2, -0.15) is 0 Å². The molecule has 2 aromatic carbocycles. The number of hydrogen-bond donors (Lipinski definition) is 2. The van der Waals surface area contributed by atoms with Crippen LogP contribution in [0.1, 0.15) is 35.7 Å². The zero-order chi connectivity index (χ0) is 20.8. The molecule has 0 spiro atoms. The highest BCUT2D eigenvalue weighted by Gasteiger charge is 2.36. The Kier molecular flexibility index (Phi) is 8.22. The monoisotopic (exact) mass is 483 g/mol. The molecule has 2 aliphatic heterocycles. The number of aryl methyl sites for hydroxylation is 2. The summed E-state index contributed by atoms with van der Waals surface area (Å²) in [7, 11) is 2.34. The van der Waals surface area contributed by atoms with Crippen molar-refractivity contribution >= 4 is 45.6 Å². The fraction of sp³-hybridized carbons (Fsp3) is 0.391. The van der Waals surface area contributed by atoms with E-state index in [9.17, 15) is 8.42 Å². The van der Waals surface area contributed by atoms with Gasteiger partial charge in [-0.1, -0.05) is 17.7 Å². The van der Waals surface area contributed by atoms with Gasteiger partial charge >= 0.3 is 0 Å². The van der Waals surface area contributed by atoms with Crippen molar-refractivity contribution in [3.05, 3.63) is 59.3 Å². The summed E-state index contributed by atoms with van der Waals surface area (Å²) in [6.45, 7) is 1.96. The van der Waals surface area contributed by atoms with Gasteiger partial charge in [0.1, 0.15) is 0 Å². The zero-order valence-electron chi connectivity index (χ0n) is 18.3. The molecule has 5 nitrogen and oxygen atoms in total. The summed E-state index contributed by atoms with van der Waals surface area (Å²) < 4.78 is 28.5. The summed E-state index contributed by atoms with van der Waals surface area (Å²) in [6, 6.07) is 13.6. The number of rotatable bonds is 2. The van der Waals surface area contributed by atoms with Crippen LogP contribution in [0, 0.1) is 6.92 Å². The maximum Gasteiger partial charge on any atom is 0.206 e. The van der Waals surface area contributed by atoms with E-state index in [2.05, 4.69) is 22.2 Å². The lowest BCUT2D eigenvalue weighted by atomic mass is 9.99. The Hall–Kier alpha value is -1.57. The van der Waals surface area contributed by atoms with Gasteiger partial charge in [0, 0.05) is 42.1 Å². The van der Waals surface area contributed by atoms with Crippen LogP contribution in [0.15, 0.2) is 52.3 Å². The Bertz CT molecular complexity index is 1160. The second-order valence-corrected chi connectivity index (χ2v) is 10.1. The normalized spacial score (nSPS) is 19.0. The van der Waals surface area contributed by atoms with Crippen LogP contribution in [-0.4, -0.2) is 33.1 Å². The number of halogens is 2. The lowest BCUT2D eigenvalue weighted by Crippen LogP contribution is -2.32. The summed E-state index contributed by atoms with van der Waals surface area (Å²) in [5.74, 6) is 0. The maximum atomic E-state index is 13.1. The molecule has 2 bridgehead atoms. The quantitative estimate of drug-likeness (QED) is 0.568. The van der Waals surface area contributed by atoms with Gasteiger partial charge in [0.2, 0.25) is 9.84 Å². The number of nitrogens with one attached hydrogen (secondary N) is 2. The molecular formula is C23H31Cl2N3O2S. The van der Waals surface area contributed by atoms with Crippen LogP contribution >= 0.6 is 24.8 Å². The molecule has 1 fully saturated rings. The van der Waals surface area contributed by atoms with Gasteiger partial charge < -0.3 is 15.2 Å². The number of benzene rings is 2. The average molecular weight is 484 g/mol. The molecule has 3 aromatic rings. The molecule has 8 heteroatoms. The molecule has 0 amide bonds. The van der Waals surface area contributed by atoms with E-state index in [1.165, 1.54) is 17.7 Å². The molecule has 5 rings (SSSR count). The standard InChI is InChI=1S/C21H22N2O2S.C2H7N.2ClH/c1-13-3-6-15(7-4-13)26(24,25)16-8-10-19-17(12-16)21-18-9-5-14(22-18)11-20(21)23(19)2;1-3-2;;/h3-4,6-8,10,12,14,18,22H,5,9,11H2,1-2H3;3H,1-2H3;2*1H. The summed E-state index contributed by atoms with van der Waals surface area (Å²) >= 11 is 0. The van der Waals surface area contributed by atoms with E-state index in [0.717, 1.165) is 29.3 Å². The van der Waals surface area contributed by atoms with Crippen LogP contribution in [-0.2, 0) is 23.3 Å². The molecule has 1 saturated heterocycles.